The van der Waals surface area contributed by atoms with Gasteiger partial charge in [0.1, 0.15) is 12.4 Å². The molecule has 0 fully saturated rings. The summed E-state index contributed by atoms with van der Waals surface area (Å²) in [6.07, 6.45) is 0. The first-order valence-electron chi connectivity index (χ1n) is 11.7. The second kappa shape index (κ2) is 10.0. The highest BCUT2D eigenvalue weighted by molar-refractivity contribution is 6.37. The largest absolute Gasteiger partial charge is 0.486 e. The van der Waals surface area contributed by atoms with E-state index < -0.39 is 17.7 Å². The van der Waals surface area contributed by atoms with Crippen LogP contribution in [0.15, 0.2) is 77.5 Å². The summed E-state index contributed by atoms with van der Waals surface area (Å²) in [5, 5.41) is 3.59. The van der Waals surface area contributed by atoms with Gasteiger partial charge in [-0.3, -0.25) is 4.79 Å². The minimum Gasteiger partial charge on any atom is -0.486 e. The molecule has 1 aliphatic heterocycles. The number of carbonyl (C=O) groups is 2. The number of nitrogens with one attached hydrogen (secondary N) is 1. The summed E-state index contributed by atoms with van der Waals surface area (Å²) in [4.78, 5) is 26.7. The van der Waals surface area contributed by atoms with E-state index in [1.54, 1.807) is 56.3 Å². The summed E-state index contributed by atoms with van der Waals surface area (Å²) in [5.41, 5.74) is 4.12. The van der Waals surface area contributed by atoms with Gasteiger partial charge < -0.3 is 14.8 Å². The quantitative estimate of drug-likeness (QED) is 0.348. The maximum atomic E-state index is 14.1. The zero-order valence-electron chi connectivity index (χ0n) is 20.0. The van der Waals surface area contributed by atoms with Crippen LogP contribution in [0, 0.1) is 5.82 Å². The molecule has 1 aliphatic carbocycles. The Kier molecular flexibility index (Phi) is 6.80. The molecule has 1 atom stereocenters. The van der Waals surface area contributed by atoms with E-state index >= 15 is 0 Å². The van der Waals surface area contributed by atoms with E-state index in [0.29, 0.717) is 39.2 Å². The van der Waals surface area contributed by atoms with Gasteiger partial charge in [0, 0.05) is 33.9 Å². The molecular weight excluding hydrogens is 516 g/mol. The molecule has 0 bridgehead atoms. The van der Waals surface area contributed by atoms with Gasteiger partial charge in [-0.1, -0.05) is 65.7 Å². The van der Waals surface area contributed by atoms with Crippen LogP contribution in [0.5, 0.6) is 5.75 Å². The highest BCUT2D eigenvalue weighted by Crippen LogP contribution is 2.48. The number of rotatable bonds is 6. The standard InChI is InChI=1S/C29H22Cl2FNO4/c1-3-36-29(35)23-15(2)33-26-18-9-5-6-10-19(18)27(34)25(26)24(23)17-12-20(30)28(21(31)13-17)37-14-16-8-4-7-11-22(16)32/h4-13,24,33H,3,14H2,1-2H3/t24-/m0/s1. The topological polar surface area (TPSA) is 64.6 Å². The molecule has 8 heteroatoms. The molecule has 3 aromatic rings. The van der Waals surface area contributed by atoms with Gasteiger partial charge >= 0.3 is 5.97 Å². The molecule has 0 spiro atoms. The van der Waals surface area contributed by atoms with Crippen molar-refractivity contribution in [1.29, 1.82) is 0 Å². The average Bonchev–Trinajstić information content (AvgIpc) is 3.15. The predicted octanol–water partition coefficient (Wildman–Crippen LogP) is 6.84. The summed E-state index contributed by atoms with van der Waals surface area (Å²) < 4.78 is 25.2. The maximum absolute atomic E-state index is 14.1. The Labute approximate surface area is 223 Å². The number of hydrogen-bond donors (Lipinski definition) is 1. The second-order valence-electron chi connectivity index (χ2n) is 8.67. The van der Waals surface area contributed by atoms with Crippen LogP contribution in [0.1, 0.15) is 46.8 Å². The number of esters is 1. The van der Waals surface area contributed by atoms with Crippen molar-refractivity contribution in [2.24, 2.45) is 0 Å². The summed E-state index contributed by atoms with van der Waals surface area (Å²) in [6, 6.07) is 16.8. The van der Waals surface area contributed by atoms with E-state index in [4.69, 9.17) is 32.7 Å². The van der Waals surface area contributed by atoms with Gasteiger partial charge in [-0.2, -0.15) is 0 Å². The molecule has 0 radical (unpaired) electrons. The number of benzene rings is 3. The predicted molar refractivity (Wildman–Crippen MR) is 140 cm³/mol. The van der Waals surface area contributed by atoms with Crippen molar-refractivity contribution in [3.05, 3.63) is 116 Å². The van der Waals surface area contributed by atoms with Gasteiger partial charge in [-0.05, 0) is 37.6 Å². The number of halogens is 3. The van der Waals surface area contributed by atoms with Gasteiger partial charge in [0.25, 0.3) is 0 Å². The maximum Gasteiger partial charge on any atom is 0.336 e. The summed E-state index contributed by atoms with van der Waals surface area (Å²) in [6.45, 7) is 3.58. The smallest absolute Gasteiger partial charge is 0.336 e. The van der Waals surface area contributed by atoms with Crippen LogP contribution in [0.3, 0.4) is 0 Å². The monoisotopic (exact) mass is 537 g/mol. The normalized spacial score (nSPS) is 16.4. The molecule has 188 valence electrons. The van der Waals surface area contributed by atoms with Crippen LogP contribution in [-0.2, 0) is 16.1 Å². The molecule has 5 nitrogen and oxygen atoms in total. The van der Waals surface area contributed by atoms with E-state index in [-0.39, 0.29) is 34.8 Å². The van der Waals surface area contributed by atoms with Crippen molar-refractivity contribution in [3.8, 4) is 5.75 Å². The number of ketones is 1. The van der Waals surface area contributed by atoms with Crippen molar-refractivity contribution in [2.45, 2.75) is 26.4 Å². The van der Waals surface area contributed by atoms with E-state index in [2.05, 4.69) is 5.32 Å². The lowest BCUT2D eigenvalue weighted by atomic mass is 9.80. The Morgan fingerprint density at radius 2 is 1.68 bits per heavy atom. The second-order valence-corrected chi connectivity index (χ2v) is 9.49. The molecule has 0 amide bonds. The zero-order valence-corrected chi connectivity index (χ0v) is 21.5. The summed E-state index contributed by atoms with van der Waals surface area (Å²) in [5.74, 6) is -1.73. The minimum absolute atomic E-state index is 0.0744. The minimum atomic E-state index is -0.772. The van der Waals surface area contributed by atoms with E-state index in [1.165, 1.54) is 6.07 Å². The number of Topliss-reactive ketones (excluding diaryl/α,β-unsaturated/α-hetero) is 1. The molecule has 2 aliphatic rings. The Morgan fingerprint density at radius 3 is 2.35 bits per heavy atom. The molecular formula is C29H22Cl2FNO4. The van der Waals surface area contributed by atoms with Crippen molar-refractivity contribution < 1.29 is 23.5 Å². The fourth-order valence-corrected chi connectivity index (χ4v) is 5.40. The first kappa shape index (κ1) is 25.1. The van der Waals surface area contributed by atoms with Crippen LogP contribution in [-0.4, -0.2) is 18.4 Å². The molecule has 0 saturated carbocycles. The Morgan fingerprint density at radius 1 is 1.03 bits per heavy atom. The van der Waals surface area contributed by atoms with Crippen molar-refractivity contribution in [2.75, 3.05) is 6.61 Å². The van der Waals surface area contributed by atoms with E-state index in [1.807, 2.05) is 12.1 Å². The molecule has 0 saturated heterocycles. The van der Waals surface area contributed by atoms with Gasteiger partial charge in [-0.15, -0.1) is 0 Å². The van der Waals surface area contributed by atoms with Gasteiger partial charge in [0.05, 0.1) is 27.9 Å². The van der Waals surface area contributed by atoms with Crippen molar-refractivity contribution in [1.82, 2.24) is 5.32 Å². The first-order valence-corrected chi connectivity index (χ1v) is 12.5. The van der Waals surface area contributed by atoms with Gasteiger partial charge in [0.2, 0.25) is 0 Å². The number of ether oxygens (including phenoxy) is 2. The fraction of sp³-hybridized carbons (Fsp3) is 0.172. The third kappa shape index (κ3) is 4.41. The first-order chi connectivity index (χ1) is 17.8. The average molecular weight is 538 g/mol. The highest BCUT2D eigenvalue weighted by atomic mass is 35.5. The van der Waals surface area contributed by atoms with Crippen molar-refractivity contribution >= 4 is 40.7 Å². The SMILES string of the molecule is CCOC(=O)C1=C(C)NC2=C(C(=O)c3ccccc32)[C@H]1c1cc(Cl)c(OCc2ccccc2F)c(Cl)c1. The summed E-state index contributed by atoms with van der Waals surface area (Å²) >= 11 is 13.2. The van der Waals surface area contributed by atoms with Crippen LogP contribution in [0.25, 0.3) is 5.70 Å². The molecule has 0 aromatic heterocycles. The molecule has 5 rings (SSSR count). The summed E-state index contributed by atoms with van der Waals surface area (Å²) in [7, 11) is 0. The molecule has 37 heavy (non-hydrogen) atoms. The Hall–Kier alpha value is -3.61. The lowest BCUT2D eigenvalue weighted by Gasteiger charge is -2.29. The van der Waals surface area contributed by atoms with E-state index in [9.17, 15) is 14.0 Å². The van der Waals surface area contributed by atoms with Crippen LogP contribution in [0.4, 0.5) is 4.39 Å². The number of carbonyl (C=O) groups excluding carboxylic acids is 2. The number of dihydropyridines is 1. The lowest BCUT2D eigenvalue weighted by molar-refractivity contribution is -0.138. The third-order valence-electron chi connectivity index (χ3n) is 6.43. The lowest BCUT2D eigenvalue weighted by Crippen LogP contribution is -2.29. The van der Waals surface area contributed by atoms with Crippen molar-refractivity contribution in [3.63, 3.8) is 0 Å². The highest BCUT2D eigenvalue weighted by Gasteiger charge is 2.43. The van der Waals surface area contributed by atoms with Gasteiger partial charge in [0.15, 0.2) is 11.5 Å². The molecule has 1 heterocycles. The number of fused-ring (bicyclic) bond motifs is 2. The van der Waals surface area contributed by atoms with Crippen LogP contribution < -0.4 is 10.1 Å². The molecule has 0 unspecified atom stereocenters. The van der Waals surface area contributed by atoms with Crippen LogP contribution in [0.2, 0.25) is 10.0 Å². The van der Waals surface area contributed by atoms with Gasteiger partial charge in [-0.25, -0.2) is 9.18 Å². The van der Waals surface area contributed by atoms with E-state index in [0.717, 1.165) is 5.56 Å². The fourth-order valence-electron chi connectivity index (χ4n) is 4.79. The van der Waals surface area contributed by atoms with Crippen LogP contribution >= 0.6 is 23.2 Å². The molecule has 1 N–H and O–H groups in total. The number of allylic oxidation sites excluding steroid dienone is 2. The molecule has 3 aromatic carbocycles. The number of hydrogen-bond acceptors (Lipinski definition) is 5. The Bertz CT molecular complexity index is 1490. The third-order valence-corrected chi connectivity index (χ3v) is 6.99. The zero-order chi connectivity index (χ0) is 26.3. The Balaban J connectivity index is 1.59.